The highest BCUT2D eigenvalue weighted by Gasteiger charge is 2.13. The highest BCUT2D eigenvalue weighted by atomic mass is 16.5. The van der Waals surface area contributed by atoms with E-state index in [4.69, 9.17) is 4.74 Å². The van der Waals surface area contributed by atoms with Crippen molar-refractivity contribution >= 4 is 5.97 Å². The van der Waals surface area contributed by atoms with Crippen LogP contribution in [0.4, 0.5) is 0 Å². The Bertz CT molecular complexity index is 153. The van der Waals surface area contributed by atoms with E-state index in [1.807, 2.05) is 6.92 Å². The maximum Gasteiger partial charge on any atom is 0.320 e. The molecule has 76 valence electrons. The Kier molecular flexibility index (Phi) is 4.83. The molecule has 3 nitrogen and oxygen atoms in total. The van der Waals surface area contributed by atoms with Gasteiger partial charge in [0.2, 0.25) is 0 Å². The van der Waals surface area contributed by atoms with Gasteiger partial charge >= 0.3 is 5.97 Å². The Balaban J connectivity index is 2.11. The van der Waals surface area contributed by atoms with Gasteiger partial charge in [-0.2, -0.15) is 0 Å². The molecule has 0 aliphatic carbocycles. The predicted octanol–water partition coefficient (Wildman–Crippen LogP) is 1.43. The van der Waals surface area contributed by atoms with Crippen molar-refractivity contribution in [1.29, 1.82) is 0 Å². The van der Waals surface area contributed by atoms with Crippen molar-refractivity contribution in [2.24, 2.45) is 0 Å². The van der Waals surface area contributed by atoms with Crippen LogP contribution in [0.15, 0.2) is 0 Å². The van der Waals surface area contributed by atoms with Gasteiger partial charge < -0.3 is 4.74 Å². The summed E-state index contributed by atoms with van der Waals surface area (Å²) in [6.07, 6.45) is 4.66. The summed E-state index contributed by atoms with van der Waals surface area (Å²) in [4.78, 5) is 13.4. The molecule has 1 saturated heterocycles. The normalized spacial score (nSPS) is 18.5. The Labute approximate surface area is 80.1 Å². The first kappa shape index (κ1) is 10.5. The van der Waals surface area contributed by atoms with Crippen LogP contribution in [0.2, 0.25) is 0 Å². The van der Waals surface area contributed by atoms with Crippen molar-refractivity contribution < 1.29 is 9.53 Å². The first-order valence-corrected chi connectivity index (χ1v) is 5.21. The molecule has 0 atom stereocenters. The second-order valence-electron chi connectivity index (χ2n) is 3.56. The van der Waals surface area contributed by atoms with Crippen molar-refractivity contribution in [3.05, 3.63) is 0 Å². The fourth-order valence-corrected chi connectivity index (χ4v) is 1.56. The molecule has 0 radical (unpaired) electrons. The molecule has 1 heterocycles. The smallest absolute Gasteiger partial charge is 0.320 e. The SMILES string of the molecule is CCCOC(=O)CN1CCCCC1. The van der Waals surface area contributed by atoms with E-state index >= 15 is 0 Å². The van der Waals surface area contributed by atoms with Crippen LogP contribution in [-0.4, -0.2) is 37.1 Å². The minimum atomic E-state index is -0.0660. The molecule has 13 heavy (non-hydrogen) atoms. The van der Waals surface area contributed by atoms with Crippen LogP contribution < -0.4 is 0 Å². The highest BCUT2D eigenvalue weighted by Crippen LogP contribution is 2.07. The molecule has 0 unspecified atom stereocenters. The molecule has 1 fully saturated rings. The van der Waals surface area contributed by atoms with E-state index in [0.29, 0.717) is 13.2 Å². The van der Waals surface area contributed by atoms with Gasteiger partial charge in [0.25, 0.3) is 0 Å². The monoisotopic (exact) mass is 185 g/mol. The maximum absolute atomic E-state index is 11.2. The van der Waals surface area contributed by atoms with Crippen molar-refractivity contribution in [2.75, 3.05) is 26.2 Å². The number of piperidine rings is 1. The number of hydrogen-bond donors (Lipinski definition) is 0. The number of hydrogen-bond acceptors (Lipinski definition) is 3. The lowest BCUT2D eigenvalue weighted by atomic mass is 10.1. The number of ether oxygens (including phenoxy) is 1. The quantitative estimate of drug-likeness (QED) is 0.620. The number of rotatable bonds is 4. The van der Waals surface area contributed by atoms with Gasteiger partial charge in [0.05, 0.1) is 13.2 Å². The summed E-state index contributed by atoms with van der Waals surface area (Å²) in [6, 6.07) is 0. The summed E-state index contributed by atoms with van der Waals surface area (Å²) in [5.74, 6) is -0.0660. The van der Waals surface area contributed by atoms with Gasteiger partial charge in [0, 0.05) is 0 Å². The molecule has 0 amide bonds. The number of carbonyl (C=O) groups is 1. The summed E-state index contributed by atoms with van der Waals surface area (Å²) in [7, 11) is 0. The summed E-state index contributed by atoms with van der Waals surface area (Å²) in [5.41, 5.74) is 0. The van der Waals surface area contributed by atoms with E-state index in [1.165, 1.54) is 19.3 Å². The van der Waals surface area contributed by atoms with Crippen LogP contribution in [0, 0.1) is 0 Å². The van der Waals surface area contributed by atoms with E-state index in [1.54, 1.807) is 0 Å². The van der Waals surface area contributed by atoms with Crippen LogP contribution in [0.3, 0.4) is 0 Å². The van der Waals surface area contributed by atoms with E-state index in [9.17, 15) is 4.79 Å². The maximum atomic E-state index is 11.2. The van der Waals surface area contributed by atoms with Gasteiger partial charge in [-0.05, 0) is 32.4 Å². The molecule has 0 aromatic carbocycles. The summed E-state index contributed by atoms with van der Waals surface area (Å²) in [5, 5.41) is 0. The molecule has 0 N–H and O–H groups in total. The van der Waals surface area contributed by atoms with Crippen LogP contribution >= 0.6 is 0 Å². The number of likely N-dealkylation sites (tertiary alicyclic amines) is 1. The minimum absolute atomic E-state index is 0.0660. The molecule has 0 spiro atoms. The zero-order valence-corrected chi connectivity index (χ0v) is 8.42. The Morgan fingerprint density at radius 1 is 1.31 bits per heavy atom. The van der Waals surface area contributed by atoms with Crippen molar-refractivity contribution in [3.8, 4) is 0 Å². The molecule has 1 aliphatic heterocycles. The molecule has 1 aliphatic rings. The lowest BCUT2D eigenvalue weighted by Crippen LogP contribution is -2.35. The predicted molar refractivity (Wildman–Crippen MR) is 51.5 cm³/mol. The third-order valence-electron chi connectivity index (χ3n) is 2.27. The van der Waals surface area contributed by atoms with Crippen LogP contribution in [-0.2, 0) is 9.53 Å². The first-order chi connectivity index (χ1) is 6.33. The van der Waals surface area contributed by atoms with E-state index in [-0.39, 0.29) is 5.97 Å². The zero-order chi connectivity index (χ0) is 9.52. The van der Waals surface area contributed by atoms with Gasteiger partial charge in [0.15, 0.2) is 0 Å². The molecule has 0 bridgehead atoms. The fraction of sp³-hybridized carbons (Fsp3) is 0.900. The van der Waals surface area contributed by atoms with Gasteiger partial charge in [-0.25, -0.2) is 0 Å². The highest BCUT2D eigenvalue weighted by molar-refractivity contribution is 5.71. The summed E-state index contributed by atoms with van der Waals surface area (Å²) < 4.78 is 5.01. The second-order valence-corrected chi connectivity index (χ2v) is 3.56. The Morgan fingerprint density at radius 2 is 2.00 bits per heavy atom. The van der Waals surface area contributed by atoms with Crippen LogP contribution in [0.5, 0.6) is 0 Å². The first-order valence-electron chi connectivity index (χ1n) is 5.21. The number of carbonyl (C=O) groups excluding carboxylic acids is 1. The largest absolute Gasteiger partial charge is 0.465 e. The minimum Gasteiger partial charge on any atom is -0.465 e. The summed E-state index contributed by atoms with van der Waals surface area (Å²) >= 11 is 0. The molecule has 0 aromatic rings. The standard InChI is InChI=1S/C10H19NO2/c1-2-8-13-10(12)9-11-6-4-3-5-7-11/h2-9H2,1H3. The molecule has 3 heteroatoms. The van der Waals surface area contributed by atoms with Crippen molar-refractivity contribution in [1.82, 2.24) is 4.90 Å². The fourth-order valence-electron chi connectivity index (χ4n) is 1.56. The van der Waals surface area contributed by atoms with Gasteiger partial charge in [-0.1, -0.05) is 13.3 Å². The Hall–Kier alpha value is -0.570. The third kappa shape index (κ3) is 4.27. The summed E-state index contributed by atoms with van der Waals surface area (Å²) in [6.45, 7) is 5.17. The van der Waals surface area contributed by atoms with E-state index < -0.39 is 0 Å². The number of nitrogens with zero attached hydrogens (tertiary/aromatic N) is 1. The van der Waals surface area contributed by atoms with E-state index in [0.717, 1.165) is 19.5 Å². The Morgan fingerprint density at radius 3 is 2.62 bits per heavy atom. The van der Waals surface area contributed by atoms with Gasteiger partial charge in [0.1, 0.15) is 0 Å². The van der Waals surface area contributed by atoms with Crippen LogP contribution in [0.1, 0.15) is 32.6 Å². The molecular weight excluding hydrogens is 166 g/mol. The second kappa shape index (κ2) is 5.97. The molecule has 0 aromatic heterocycles. The average molecular weight is 185 g/mol. The van der Waals surface area contributed by atoms with Gasteiger partial charge in [-0.15, -0.1) is 0 Å². The van der Waals surface area contributed by atoms with Crippen LogP contribution in [0.25, 0.3) is 0 Å². The molecule has 1 rings (SSSR count). The number of esters is 1. The topological polar surface area (TPSA) is 29.5 Å². The average Bonchev–Trinajstić information content (AvgIpc) is 2.16. The van der Waals surface area contributed by atoms with Gasteiger partial charge in [-0.3, -0.25) is 9.69 Å². The lowest BCUT2D eigenvalue weighted by molar-refractivity contribution is -0.145. The molecule has 0 saturated carbocycles. The van der Waals surface area contributed by atoms with Crippen molar-refractivity contribution in [3.63, 3.8) is 0 Å². The third-order valence-corrected chi connectivity index (χ3v) is 2.27. The lowest BCUT2D eigenvalue weighted by Gasteiger charge is -2.25. The van der Waals surface area contributed by atoms with Crippen molar-refractivity contribution in [2.45, 2.75) is 32.6 Å². The van der Waals surface area contributed by atoms with E-state index in [2.05, 4.69) is 4.90 Å². The zero-order valence-electron chi connectivity index (χ0n) is 8.42. The molecular formula is C10H19NO2.